The second-order valence-electron chi connectivity index (χ2n) is 8.20. The topological polar surface area (TPSA) is 67.9 Å². The van der Waals surface area contributed by atoms with E-state index in [0.29, 0.717) is 47.6 Å². The van der Waals surface area contributed by atoms with Crippen LogP contribution in [0.1, 0.15) is 34.7 Å². The number of benzene rings is 2. The molecule has 1 heterocycles. The number of carbonyl (C=O) groups excluding carboxylic acids is 2. The van der Waals surface area contributed by atoms with Crippen molar-refractivity contribution < 1.29 is 19.1 Å². The Hall–Kier alpha value is -2.73. The van der Waals surface area contributed by atoms with Gasteiger partial charge in [-0.15, -0.1) is 0 Å². The first-order valence-electron chi connectivity index (χ1n) is 10.5. The summed E-state index contributed by atoms with van der Waals surface area (Å²) in [5, 5.41) is 3.50. The zero-order chi connectivity index (χ0) is 22.0. The van der Waals surface area contributed by atoms with Crippen molar-refractivity contribution in [2.45, 2.75) is 18.8 Å². The average molecular weight is 443 g/mol. The van der Waals surface area contributed by atoms with E-state index in [1.54, 1.807) is 43.4 Å². The van der Waals surface area contributed by atoms with Gasteiger partial charge in [-0.3, -0.25) is 9.59 Å². The predicted octanol–water partition coefficient (Wildman–Crippen LogP) is 3.74. The molecule has 4 rings (SSSR count). The number of hydrogen-bond donors (Lipinski definition) is 1. The van der Waals surface area contributed by atoms with Gasteiger partial charge in [-0.2, -0.15) is 0 Å². The standard InChI is InChI=1S/C24H27ClN2O4/c1-30-16-9-10-17(22(11-16)31-2)19-13-27(24(29)18-5-3-4-6-21(18)25)14-20(19)23(28)26-12-15-7-8-15/h3-6,9-11,15,19-20H,7-8,12-14H2,1-2H3,(H,26,28). The van der Waals surface area contributed by atoms with Crippen LogP contribution < -0.4 is 14.8 Å². The molecule has 2 amide bonds. The summed E-state index contributed by atoms with van der Waals surface area (Å²) in [5.74, 6) is 1.16. The number of methoxy groups -OCH3 is 2. The Morgan fingerprint density at radius 1 is 1.10 bits per heavy atom. The molecule has 2 atom stereocenters. The third-order valence-electron chi connectivity index (χ3n) is 6.15. The van der Waals surface area contributed by atoms with E-state index in [-0.39, 0.29) is 23.7 Å². The second-order valence-corrected chi connectivity index (χ2v) is 8.61. The van der Waals surface area contributed by atoms with Gasteiger partial charge < -0.3 is 19.7 Å². The average Bonchev–Trinajstić information content (AvgIpc) is 3.52. The fraction of sp³-hybridized carbons (Fsp3) is 0.417. The summed E-state index contributed by atoms with van der Waals surface area (Å²) in [7, 11) is 3.20. The van der Waals surface area contributed by atoms with Crippen molar-refractivity contribution in [2.24, 2.45) is 11.8 Å². The van der Waals surface area contributed by atoms with Crippen LogP contribution in [-0.4, -0.2) is 50.6 Å². The summed E-state index contributed by atoms with van der Waals surface area (Å²) < 4.78 is 10.9. The molecule has 2 aromatic carbocycles. The number of carbonyl (C=O) groups is 2. The quantitative estimate of drug-likeness (QED) is 0.709. The maximum Gasteiger partial charge on any atom is 0.255 e. The van der Waals surface area contributed by atoms with Crippen molar-refractivity contribution in [3.63, 3.8) is 0 Å². The van der Waals surface area contributed by atoms with Crippen LogP contribution >= 0.6 is 11.6 Å². The van der Waals surface area contributed by atoms with Crippen molar-refractivity contribution in [3.05, 3.63) is 58.6 Å². The van der Waals surface area contributed by atoms with E-state index >= 15 is 0 Å². The molecule has 1 saturated heterocycles. The van der Waals surface area contributed by atoms with E-state index in [9.17, 15) is 9.59 Å². The predicted molar refractivity (Wildman–Crippen MR) is 119 cm³/mol. The summed E-state index contributed by atoms with van der Waals surface area (Å²) in [5.41, 5.74) is 1.34. The molecule has 2 fully saturated rings. The first-order chi connectivity index (χ1) is 15.0. The Morgan fingerprint density at radius 2 is 1.87 bits per heavy atom. The third-order valence-corrected chi connectivity index (χ3v) is 6.48. The molecule has 1 saturated carbocycles. The normalized spacial score (nSPS) is 20.4. The van der Waals surface area contributed by atoms with E-state index < -0.39 is 0 Å². The molecule has 0 bridgehead atoms. The highest BCUT2D eigenvalue weighted by Gasteiger charge is 2.42. The van der Waals surface area contributed by atoms with Gasteiger partial charge in [-0.1, -0.05) is 29.8 Å². The Balaban J connectivity index is 1.62. The molecule has 2 unspecified atom stereocenters. The van der Waals surface area contributed by atoms with Gasteiger partial charge in [-0.25, -0.2) is 0 Å². The van der Waals surface area contributed by atoms with E-state index in [4.69, 9.17) is 21.1 Å². The fourth-order valence-corrected chi connectivity index (χ4v) is 4.39. The van der Waals surface area contributed by atoms with Crippen LogP contribution in [0, 0.1) is 11.8 Å². The first-order valence-corrected chi connectivity index (χ1v) is 10.9. The largest absolute Gasteiger partial charge is 0.497 e. The third kappa shape index (κ3) is 4.64. The lowest BCUT2D eigenvalue weighted by atomic mass is 9.87. The van der Waals surface area contributed by atoms with E-state index in [1.807, 2.05) is 18.2 Å². The lowest BCUT2D eigenvalue weighted by molar-refractivity contribution is -0.125. The lowest BCUT2D eigenvalue weighted by Crippen LogP contribution is -2.36. The van der Waals surface area contributed by atoms with Gasteiger partial charge in [0.1, 0.15) is 11.5 Å². The summed E-state index contributed by atoms with van der Waals surface area (Å²) >= 11 is 6.26. The zero-order valence-electron chi connectivity index (χ0n) is 17.8. The monoisotopic (exact) mass is 442 g/mol. The molecule has 0 aromatic heterocycles. The highest BCUT2D eigenvalue weighted by atomic mass is 35.5. The van der Waals surface area contributed by atoms with Crippen LogP contribution in [0.25, 0.3) is 0 Å². The van der Waals surface area contributed by atoms with Crippen molar-refractivity contribution in [1.82, 2.24) is 10.2 Å². The molecular weight excluding hydrogens is 416 g/mol. The molecule has 31 heavy (non-hydrogen) atoms. The Morgan fingerprint density at radius 3 is 2.55 bits per heavy atom. The van der Waals surface area contributed by atoms with Crippen molar-refractivity contribution >= 4 is 23.4 Å². The molecule has 0 radical (unpaired) electrons. The molecule has 1 N–H and O–H groups in total. The smallest absolute Gasteiger partial charge is 0.255 e. The zero-order valence-corrected chi connectivity index (χ0v) is 18.5. The summed E-state index contributed by atoms with van der Waals surface area (Å²) in [6.45, 7) is 1.44. The van der Waals surface area contributed by atoms with Gasteiger partial charge in [0.25, 0.3) is 5.91 Å². The maximum atomic E-state index is 13.2. The maximum absolute atomic E-state index is 13.2. The molecule has 2 aromatic rings. The fourth-order valence-electron chi connectivity index (χ4n) is 4.18. The summed E-state index contributed by atoms with van der Waals surface area (Å²) in [6, 6.07) is 12.6. The Kier molecular flexibility index (Phi) is 6.37. The minimum Gasteiger partial charge on any atom is -0.497 e. The Labute approximate surface area is 187 Å². The summed E-state index contributed by atoms with van der Waals surface area (Å²) in [6.07, 6.45) is 2.33. The molecule has 7 heteroatoms. The SMILES string of the molecule is COc1ccc(C2CN(C(=O)c3ccccc3Cl)CC2C(=O)NCC2CC2)c(OC)c1. The van der Waals surface area contributed by atoms with Gasteiger partial charge in [0.15, 0.2) is 0 Å². The minimum atomic E-state index is -0.368. The van der Waals surface area contributed by atoms with Crippen LogP contribution in [0.5, 0.6) is 11.5 Å². The number of nitrogens with zero attached hydrogens (tertiary/aromatic N) is 1. The van der Waals surface area contributed by atoms with Gasteiger partial charge in [0, 0.05) is 37.2 Å². The molecule has 6 nitrogen and oxygen atoms in total. The number of hydrogen-bond acceptors (Lipinski definition) is 4. The van der Waals surface area contributed by atoms with Crippen molar-refractivity contribution in [2.75, 3.05) is 33.9 Å². The van der Waals surface area contributed by atoms with Crippen LogP contribution in [0.2, 0.25) is 5.02 Å². The van der Waals surface area contributed by atoms with Crippen LogP contribution in [-0.2, 0) is 4.79 Å². The number of amides is 2. The van der Waals surface area contributed by atoms with Gasteiger partial charge in [-0.05, 0) is 37.0 Å². The lowest BCUT2D eigenvalue weighted by Gasteiger charge is -2.21. The van der Waals surface area contributed by atoms with Crippen molar-refractivity contribution in [1.29, 1.82) is 0 Å². The first kappa shape index (κ1) is 21.5. The molecule has 1 aliphatic carbocycles. The van der Waals surface area contributed by atoms with Crippen LogP contribution in [0.3, 0.4) is 0 Å². The van der Waals surface area contributed by atoms with Crippen LogP contribution in [0.4, 0.5) is 0 Å². The highest BCUT2D eigenvalue weighted by molar-refractivity contribution is 6.33. The van der Waals surface area contributed by atoms with Gasteiger partial charge in [0.2, 0.25) is 5.91 Å². The van der Waals surface area contributed by atoms with Crippen LogP contribution in [0.15, 0.2) is 42.5 Å². The second kappa shape index (κ2) is 9.18. The molecule has 0 spiro atoms. The number of nitrogens with one attached hydrogen (secondary N) is 1. The van der Waals surface area contributed by atoms with Crippen molar-refractivity contribution in [3.8, 4) is 11.5 Å². The molecule has 164 valence electrons. The van der Waals surface area contributed by atoms with E-state index in [2.05, 4.69) is 5.32 Å². The number of ether oxygens (including phenoxy) is 2. The van der Waals surface area contributed by atoms with E-state index in [1.165, 1.54) is 0 Å². The summed E-state index contributed by atoms with van der Waals surface area (Å²) in [4.78, 5) is 28.0. The van der Waals surface area contributed by atoms with Gasteiger partial charge >= 0.3 is 0 Å². The number of rotatable bonds is 7. The number of likely N-dealkylation sites (tertiary alicyclic amines) is 1. The van der Waals surface area contributed by atoms with Gasteiger partial charge in [0.05, 0.1) is 30.7 Å². The number of halogens is 1. The van der Waals surface area contributed by atoms with E-state index in [0.717, 1.165) is 18.4 Å². The molecule has 1 aliphatic heterocycles. The highest BCUT2D eigenvalue weighted by Crippen LogP contribution is 2.40. The molecule has 2 aliphatic rings. The molecular formula is C24H27ClN2O4. The Bertz CT molecular complexity index is 976. The minimum absolute atomic E-state index is 0.0239.